The third kappa shape index (κ3) is 1.37. The molecule has 2 heterocycles. The number of aliphatic carboxylic acids is 1. The van der Waals surface area contributed by atoms with Gasteiger partial charge in [0.25, 0.3) is 0 Å². The Hall–Kier alpha value is -0.490. The first-order valence-corrected chi connectivity index (χ1v) is 3.93. The predicted octanol–water partition coefficient (Wildman–Crippen LogP) is 1.18. The van der Waals surface area contributed by atoms with Gasteiger partial charge in [0, 0.05) is 0 Å². The molecule has 0 amide bonds. The maximum atomic E-state index is 12.2. The molecule has 3 fully saturated rings. The Morgan fingerprint density at radius 1 is 1.43 bits per heavy atom. The molecule has 0 aromatic carbocycles. The van der Waals surface area contributed by atoms with Gasteiger partial charge >= 0.3 is 12.1 Å². The quantitative estimate of drug-likeness (QED) is 0.712. The Morgan fingerprint density at radius 3 is 2.14 bits per heavy atom. The van der Waals surface area contributed by atoms with Gasteiger partial charge in [-0.3, -0.25) is 10.1 Å². The highest BCUT2D eigenvalue weighted by Crippen LogP contribution is 2.51. The average Bonchev–Trinajstić information content (AvgIpc) is 2.33. The minimum Gasteiger partial charge on any atom is -0.480 e. The zero-order valence-corrected chi connectivity index (χ0v) is 7.78. The summed E-state index contributed by atoms with van der Waals surface area (Å²) in [6.45, 7) is 0. The fourth-order valence-electron chi connectivity index (χ4n) is 2.19. The van der Waals surface area contributed by atoms with Gasteiger partial charge in [0.1, 0.15) is 11.6 Å². The number of nitrogens with one attached hydrogen (secondary N) is 1. The lowest BCUT2D eigenvalue weighted by molar-refractivity contribution is -0.157. The lowest BCUT2D eigenvalue weighted by Crippen LogP contribution is -2.51. The van der Waals surface area contributed by atoms with E-state index in [0.717, 1.165) is 0 Å². The molecule has 3 rings (SSSR count). The lowest BCUT2D eigenvalue weighted by Gasteiger charge is -2.32. The number of carboxylic acid groups (broad SMARTS) is 1. The van der Waals surface area contributed by atoms with E-state index in [4.69, 9.17) is 5.11 Å². The van der Waals surface area contributed by atoms with E-state index < -0.39 is 29.6 Å². The van der Waals surface area contributed by atoms with Crippen LogP contribution in [0.5, 0.6) is 0 Å². The van der Waals surface area contributed by atoms with E-state index >= 15 is 0 Å². The largest absolute Gasteiger partial charge is 0.480 e. The summed E-state index contributed by atoms with van der Waals surface area (Å²) in [5.74, 6) is -1.72. The summed E-state index contributed by atoms with van der Waals surface area (Å²) in [5, 5.41) is 10.8. The number of hydrogen-bond donors (Lipinski definition) is 2. The van der Waals surface area contributed by atoms with Crippen LogP contribution in [0.2, 0.25) is 0 Å². The fourth-order valence-corrected chi connectivity index (χ4v) is 2.19. The van der Waals surface area contributed by atoms with Gasteiger partial charge in [-0.25, -0.2) is 0 Å². The zero-order chi connectivity index (χ0) is 9.85. The summed E-state index contributed by atoms with van der Waals surface area (Å²) in [6.07, 6.45) is -4.11. The molecular formula is C7H9ClF3NO2. The third-order valence-electron chi connectivity index (χ3n) is 2.89. The van der Waals surface area contributed by atoms with Crippen molar-refractivity contribution in [2.24, 2.45) is 5.92 Å². The molecule has 1 unspecified atom stereocenters. The summed E-state index contributed by atoms with van der Waals surface area (Å²) >= 11 is 0. The second-order valence-corrected chi connectivity index (χ2v) is 3.72. The van der Waals surface area contributed by atoms with Crippen LogP contribution in [0, 0.1) is 5.92 Å². The van der Waals surface area contributed by atoms with Gasteiger partial charge in [0.05, 0.1) is 0 Å². The first-order chi connectivity index (χ1) is 5.85. The Kier molecular flexibility index (Phi) is 2.48. The lowest BCUT2D eigenvalue weighted by atomic mass is 9.72. The van der Waals surface area contributed by atoms with Crippen molar-refractivity contribution >= 4 is 18.4 Å². The molecule has 0 spiro atoms. The molecule has 82 valence electrons. The predicted molar refractivity (Wildman–Crippen MR) is 43.3 cm³/mol. The Morgan fingerprint density at radius 2 is 1.93 bits per heavy atom. The number of carboxylic acids is 1. The van der Waals surface area contributed by atoms with Crippen molar-refractivity contribution in [2.75, 3.05) is 0 Å². The smallest absolute Gasteiger partial charge is 0.404 e. The van der Waals surface area contributed by atoms with Gasteiger partial charge in [0.15, 0.2) is 0 Å². The van der Waals surface area contributed by atoms with E-state index in [-0.39, 0.29) is 25.2 Å². The van der Waals surface area contributed by atoms with Gasteiger partial charge in [-0.15, -0.1) is 12.4 Å². The van der Waals surface area contributed by atoms with E-state index in [9.17, 15) is 18.0 Å². The normalized spacial score (nSPS) is 39.9. The van der Waals surface area contributed by atoms with Crippen LogP contribution in [0.15, 0.2) is 0 Å². The zero-order valence-electron chi connectivity index (χ0n) is 6.97. The van der Waals surface area contributed by atoms with Crippen molar-refractivity contribution < 1.29 is 23.1 Å². The molecule has 1 aliphatic carbocycles. The van der Waals surface area contributed by atoms with E-state index in [1.165, 1.54) is 0 Å². The van der Waals surface area contributed by atoms with E-state index in [1.54, 1.807) is 0 Å². The molecule has 3 aliphatic rings. The van der Waals surface area contributed by atoms with Gasteiger partial charge in [-0.1, -0.05) is 0 Å². The molecule has 2 N–H and O–H groups in total. The van der Waals surface area contributed by atoms with Gasteiger partial charge in [0.2, 0.25) is 0 Å². The Bertz CT molecular complexity index is 262. The minimum atomic E-state index is -4.32. The summed E-state index contributed by atoms with van der Waals surface area (Å²) in [5.41, 5.74) is -1.29. The summed E-state index contributed by atoms with van der Waals surface area (Å²) in [4.78, 5) is 10.6. The SMILES string of the molecule is Cl.O=C(O)C12CC(C1)C(C(F)(F)F)N2. The maximum absolute atomic E-state index is 12.2. The van der Waals surface area contributed by atoms with Crippen molar-refractivity contribution in [1.82, 2.24) is 5.32 Å². The number of halogens is 4. The van der Waals surface area contributed by atoms with Crippen LogP contribution >= 0.6 is 12.4 Å². The van der Waals surface area contributed by atoms with Crippen LogP contribution in [0.1, 0.15) is 12.8 Å². The highest BCUT2D eigenvalue weighted by atomic mass is 35.5. The number of alkyl halides is 3. The molecule has 1 saturated carbocycles. The fraction of sp³-hybridized carbons (Fsp3) is 0.857. The summed E-state index contributed by atoms with van der Waals surface area (Å²) in [6, 6.07) is -1.62. The molecule has 14 heavy (non-hydrogen) atoms. The molecule has 2 bridgehead atoms. The number of rotatable bonds is 1. The van der Waals surface area contributed by atoms with Crippen molar-refractivity contribution in [3.8, 4) is 0 Å². The monoisotopic (exact) mass is 231 g/mol. The topological polar surface area (TPSA) is 49.3 Å². The maximum Gasteiger partial charge on any atom is 0.404 e. The first kappa shape index (κ1) is 11.6. The molecule has 3 nitrogen and oxygen atoms in total. The Labute approximate surface area is 84.1 Å². The van der Waals surface area contributed by atoms with E-state index in [1.807, 2.05) is 0 Å². The highest BCUT2D eigenvalue weighted by Gasteiger charge is 2.66. The molecular weight excluding hydrogens is 223 g/mol. The summed E-state index contributed by atoms with van der Waals surface area (Å²) in [7, 11) is 0. The Balaban J connectivity index is 0.000000980. The standard InChI is InChI=1S/C7H8F3NO2.ClH/c8-7(9,10)4-3-1-6(2-3,11-4)5(12)13;/h3-4,11H,1-2H2,(H,12,13);1H. The van der Waals surface area contributed by atoms with Gasteiger partial charge < -0.3 is 5.11 Å². The highest BCUT2D eigenvalue weighted by molar-refractivity contribution is 5.85. The van der Waals surface area contributed by atoms with Crippen molar-refractivity contribution in [3.63, 3.8) is 0 Å². The average molecular weight is 232 g/mol. The van der Waals surface area contributed by atoms with Crippen LogP contribution in [0.25, 0.3) is 0 Å². The van der Waals surface area contributed by atoms with Gasteiger partial charge in [-0.05, 0) is 18.8 Å². The molecule has 1 atom stereocenters. The number of hydrogen-bond acceptors (Lipinski definition) is 2. The second-order valence-electron chi connectivity index (χ2n) is 3.72. The van der Waals surface area contributed by atoms with Gasteiger partial charge in [-0.2, -0.15) is 13.2 Å². The van der Waals surface area contributed by atoms with Crippen molar-refractivity contribution in [3.05, 3.63) is 0 Å². The van der Waals surface area contributed by atoms with Crippen LogP contribution in [-0.4, -0.2) is 28.8 Å². The second kappa shape index (κ2) is 3.00. The number of fused-ring (bicyclic) bond motifs is 1. The van der Waals surface area contributed by atoms with E-state index in [0.29, 0.717) is 0 Å². The summed E-state index contributed by atoms with van der Waals surface area (Å²) < 4.78 is 36.6. The van der Waals surface area contributed by atoms with Crippen LogP contribution in [-0.2, 0) is 4.79 Å². The molecule has 7 heteroatoms. The van der Waals surface area contributed by atoms with Crippen molar-refractivity contribution in [1.29, 1.82) is 0 Å². The van der Waals surface area contributed by atoms with Crippen molar-refractivity contribution in [2.45, 2.75) is 30.6 Å². The molecule has 2 saturated heterocycles. The van der Waals surface area contributed by atoms with Crippen LogP contribution in [0.4, 0.5) is 13.2 Å². The first-order valence-electron chi connectivity index (χ1n) is 3.93. The molecule has 0 aromatic heterocycles. The minimum absolute atomic E-state index is 0. The molecule has 0 aromatic rings. The third-order valence-corrected chi connectivity index (χ3v) is 2.89. The molecule has 2 aliphatic heterocycles. The number of carbonyl (C=O) groups is 1. The van der Waals surface area contributed by atoms with Crippen LogP contribution < -0.4 is 5.32 Å². The molecule has 0 radical (unpaired) electrons. The van der Waals surface area contributed by atoms with Crippen LogP contribution in [0.3, 0.4) is 0 Å². The van der Waals surface area contributed by atoms with E-state index in [2.05, 4.69) is 5.32 Å².